The molecule has 0 saturated carbocycles. The number of anilines is 1. The van der Waals surface area contributed by atoms with Crippen LogP contribution in [0.4, 0.5) is 5.95 Å². The topological polar surface area (TPSA) is 63.6 Å². The summed E-state index contributed by atoms with van der Waals surface area (Å²) in [6, 6.07) is 0. The highest BCUT2D eigenvalue weighted by Gasteiger charge is 2.08. The Morgan fingerprint density at radius 1 is 1.18 bits per heavy atom. The fourth-order valence-electron chi connectivity index (χ4n) is 1.06. The van der Waals surface area contributed by atoms with Crippen molar-refractivity contribution in [1.29, 1.82) is 0 Å². The molecule has 2 aromatic heterocycles. The molecule has 88 valence electrons. The number of nitrogens with zero attached hydrogens (tertiary/aromatic N) is 4. The Morgan fingerprint density at radius 3 is 2.53 bits per heavy atom. The molecule has 17 heavy (non-hydrogen) atoms. The van der Waals surface area contributed by atoms with Gasteiger partial charge in [0.2, 0.25) is 5.95 Å². The van der Waals surface area contributed by atoms with Gasteiger partial charge in [0.1, 0.15) is 5.03 Å². The molecule has 0 bridgehead atoms. The van der Waals surface area contributed by atoms with Crippen LogP contribution in [0.25, 0.3) is 0 Å². The Hall–Kier alpha value is -1.40. The Morgan fingerprint density at radius 2 is 1.88 bits per heavy atom. The highest BCUT2D eigenvalue weighted by Crippen LogP contribution is 2.29. The van der Waals surface area contributed by atoms with Gasteiger partial charge in [-0.1, -0.05) is 11.6 Å². The highest BCUT2D eigenvalue weighted by atomic mass is 35.5. The molecule has 7 heteroatoms. The summed E-state index contributed by atoms with van der Waals surface area (Å²) in [5.74, 6) is 0.518. The van der Waals surface area contributed by atoms with Gasteiger partial charge >= 0.3 is 0 Å². The van der Waals surface area contributed by atoms with E-state index in [2.05, 4.69) is 25.3 Å². The Labute approximate surface area is 108 Å². The zero-order chi connectivity index (χ0) is 12.3. The van der Waals surface area contributed by atoms with E-state index in [1.165, 1.54) is 11.8 Å². The molecule has 0 saturated heterocycles. The first-order valence-corrected chi connectivity index (χ1v) is 6.05. The van der Waals surface area contributed by atoms with Gasteiger partial charge < -0.3 is 5.32 Å². The lowest BCUT2D eigenvalue weighted by molar-refractivity contribution is 0.941. The van der Waals surface area contributed by atoms with Gasteiger partial charge in [-0.05, 0) is 24.2 Å². The van der Waals surface area contributed by atoms with Crippen LogP contribution < -0.4 is 5.32 Å². The quantitative estimate of drug-likeness (QED) is 0.681. The van der Waals surface area contributed by atoms with Gasteiger partial charge in [-0.25, -0.2) is 19.9 Å². The van der Waals surface area contributed by atoms with Gasteiger partial charge in [-0.2, -0.15) is 0 Å². The number of aromatic nitrogens is 4. The number of hydrogen-bond donors (Lipinski definition) is 1. The van der Waals surface area contributed by atoms with Crippen LogP contribution in [0.3, 0.4) is 0 Å². The summed E-state index contributed by atoms with van der Waals surface area (Å²) in [5.41, 5.74) is 1.01. The Bertz CT molecular complexity index is 517. The average molecular weight is 268 g/mol. The summed E-state index contributed by atoms with van der Waals surface area (Å²) in [7, 11) is 1.75. The zero-order valence-corrected chi connectivity index (χ0v) is 10.9. The summed E-state index contributed by atoms with van der Waals surface area (Å²) in [4.78, 5) is 16.6. The number of halogens is 1. The van der Waals surface area contributed by atoms with E-state index in [1.807, 2.05) is 6.92 Å². The maximum Gasteiger partial charge on any atom is 0.223 e. The first kappa shape index (κ1) is 12.1. The third-order valence-corrected chi connectivity index (χ3v) is 3.17. The van der Waals surface area contributed by atoms with E-state index in [9.17, 15) is 0 Å². The SMILES string of the molecule is CNc1ncc(Cl)c(Sc2ncc(C)cn2)n1. The Kier molecular flexibility index (Phi) is 3.75. The van der Waals surface area contributed by atoms with Crippen molar-refractivity contribution in [3.8, 4) is 0 Å². The van der Waals surface area contributed by atoms with Crippen molar-refractivity contribution < 1.29 is 0 Å². The summed E-state index contributed by atoms with van der Waals surface area (Å²) in [5, 5.41) is 4.58. The van der Waals surface area contributed by atoms with Crippen molar-refractivity contribution in [3.63, 3.8) is 0 Å². The molecule has 0 spiro atoms. The second kappa shape index (κ2) is 5.29. The number of hydrogen-bond acceptors (Lipinski definition) is 6. The standard InChI is InChI=1S/C10H10ClN5S/c1-6-3-14-10(15-4-6)17-8-7(11)5-13-9(12-2)16-8/h3-5H,1-2H3,(H,12,13,16). The number of aryl methyl sites for hydroxylation is 1. The monoisotopic (exact) mass is 267 g/mol. The number of nitrogens with one attached hydrogen (secondary N) is 1. The summed E-state index contributed by atoms with van der Waals surface area (Å²) in [6.45, 7) is 1.94. The van der Waals surface area contributed by atoms with Crippen LogP contribution in [0, 0.1) is 6.92 Å². The van der Waals surface area contributed by atoms with Crippen molar-refractivity contribution in [3.05, 3.63) is 29.2 Å². The van der Waals surface area contributed by atoms with Gasteiger partial charge in [0.15, 0.2) is 5.16 Å². The molecule has 0 unspecified atom stereocenters. The van der Waals surface area contributed by atoms with E-state index in [0.29, 0.717) is 21.2 Å². The summed E-state index contributed by atoms with van der Waals surface area (Å²) >= 11 is 7.31. The molecule has 2 aromatic rings. The molecular weight excluding hydrogens is 258 g/mol. The first-order valence-electron chi connectivity index (χ1n) is 4.86. The van der Waals surface area contributed by atoms with E-state index in [0.717, 1.165) is 5.56 Å². The average Bonchev–Trinajstić information content (AvgIpc) is 2.35. The van der Waals surface area contributed by atoms with Crippen molar-refractivity contribution in [1.82, 2.24) is 19.9 Å². The van der Waals surface area contributed by atoms with Crippen LogP contribution in [0.5, 0.6) is 0 Å². The number of rotatable bonds is 3. The lowest BCUT2D eigenvalue weighted by Gasteiger charge is -2.04. The molecule has 0 aliphatic carbocycles. The van der Waals surface area contributed by atoms with E-state index >= 15 is 0 Å². The van der Waals surface area contributed by atoms with Gasteiger partial charge in [-0.15, -0.1) is 0 Å². The lowest BCUT2D eigenvalue weighted by Crippen LogP contribution is -1.97. The van der Waals surface area contributed by atoms with Crippen LogP contribution in [-0.4, -0.2) is 27.0 Å². The molecule has 1 N–H and O–H groups in total. The third kappa shape index (κ3) is 3.04. The minimum Gasteiger partial charge on any atom is -0.357 e. The maximum atomic E-state index is 6.01. The van der Waals surface area contributed by atoms with Crippen LogP contribution in [0.2, 0.25) is 5.02 Å². The van der Waals surface area contributed by atoms with E-state index < -0.39 is 0 Å². The second-order valence-corrected chi connectivity index (χ2v) is 4.60. The van der Waals surface area contributed by atoms with Crippen LogP contribution in [0.1, 0.15) is 5.56 Å². The van der Waals surface area contributed by atoms with E-state index in [4.69, 9.17) is 11.6 Å². The minimum absolute atomic E-state index is 0.484. The third-order valence-electron chi connectivity index (χ3n) is 1.88. The molecule has 0 amide bonds. The molecule has 2 rings (SSSR count). The van der Waals surface area contributed by atoms with Gasteiger partial charge in [0.25, 0.3) is 0 Å². The van der Waals surface area contributed by atoms with Crippen molar-refractivity contribution in [2.45, 2.75) is 17.1 Å². The first-order chi connectivity index (χ1) is 8.19. The molecule has 0 aliphatic rings. The summed E-state index contributed by atoms with van der Waals surface area (Å²) < 4.78 is 0. The van der Waals surface area contributed by atoms with Crippen LogP contribution in [-0.2, 0) is 0 Å². The van der Waals surface area contributed by atoms with Crippen molar-refractivity contribution >= 4 is 29.3 Å². The fourth-order valence-corrected chi connectivity index (χ4v) is 1.94. The molecular formula is C10H10ClN5S. The molecule has 5 nitrogen and oxygen atoms in total. The normalized spacial score (nSPS) is 10.3. The van der Waals surface area contributed by atoms with Crippen molar-refractivity contribution in [2.75, 3.05) is 12.4 Å². The minimum atomic E-state index is 0.484. The highest BCUT2D eigenvalue weighted by molar-refractivity contribution is 7.99. The smallest absolute Gasteiger partial charge is 0.223 e. The molecule has 0 fully saturated rings. The molecule has 0 atom stereocenters. The van der Waals surface area contributed by atoms with E-state index in [-0.39, 0.29) is 0 Å². The summed E-state index contributed by atoms with van der Waals surface area (Å²) in [6.07, 6.45) is 5.06. The predicted octanol–water partition coefficient (Wildman–Crippen LogP) is 2.42. The molecule has 0 aliphatic heterocycles. The van der Waals surface area contributed by atoms with Crippen LogP contribution >= 0.6 is 23.4 Å². The maximum absolute atomic E-state index is 6.01. The molecule has 2 heterocycles. The second-order valence-electron chi connectivity index (χ2n) is 3.24. The lowest BCUT2D eigenvalue weighted by atomic mass is 10.4. The molecule has 0 radical (unpaired) electrons. The van der Waals surface area contributed by atoms with E-state index in [1.54, 1.807) is 25.6 Å². The van der Waals surface area contributed by atoms with Crippen LogP contribution in [0.15, 0.2) is 28.8 Å². The zero-order valence-electron chi connectivity index (χ0n) is 9.31. The van der Waals surface area contributed by atoms with Gasteiger partial charge in [-0.3, -0.25) is 0 Å². The molecule has 0 aromatic carbocycles. The van der Waals surface area contributed by atoms with Crippen molar-refractivity contribution in [2.24, 2.45) is 0 Å². The largest absolute Gasteiger partial charge is 0.357 e. The predicted molar refractivity (Wildman–Crippen MR) is 67.5 cm³/mol. The van der Waals surface area contributed by atoms with Gasteiger partial charge in [0.05, 0.1) is 11.2 Å². The Balaban J connectivity index is 2.25. The van der Waals surface area contributed by atoms with Gasteiger partial charge in [0, 0.05) is 19.4 Å². The fraction of sp³-hybridized carbons (Fsp3) is 0.200.